The summed E-state index contributed by atoms with van der Waals surface area (Å²) < 4.78 is 0. The number of hydrogen-bond acceptors (Lipinski definition) is 3. The quantitative estimate of drug-likeness (QED) is 0.391. The summed E-state index contributed by atoms with van der Waals surface area (Å²) in [6.07, 6.45) is 4.37. The summed E-state index contributed by atoms with van der Waals surface area (Å²) >= 11 is 0. The molecule has 0 aromatic carbocycles. The van der Waals surface area contributed by atoms with Gasteiger partial charge in [0, 0.05) is 0 Å². The second-order valence-electron chi connectivity index (χ2n) is 1.92. The van der Waals surface area contributed by atoms with Crippen molar-refractivity contribution >= 4 is 15.6 Å². The van der Waals surface area contributed by atoms with Crippen LogP contribution in [0.1, 0.15) is 20.8 Å². The first-order chi connectivity index (χ1) is 4.76. The largest absolute Gasteiger partial charge is 1.00 e. The molecule has 0 bridgehead atoms. The van der Waals surface area contributed by atoms with E-state index in [9.17, 15) is 0 Å². The normalized spacial score (nSPS) is 7.17. The Morgan fingerprint density at radius 3 is 1.33 bits per heavy atom. The standard InChI is InChI=1S/C6H15P.BHO2.Na.H2O/c1-4-7(5-2)6-3;2-1-3;;/h4-6H2,1-3H3;2H;;1H2/q;-1;+1;. The van der Waals surface area contributed by atoms with E-state index in [-0.39, 0.29) is 50.6 Å². The molecule has 0 saturated carbocycles. The molecule has 1 radical (unpaired) electrons. The van der Waals surface area contributed by atoms with Crippen LogP contribution in [0.2, 0.25) is 0 Å². The summed E-state index contributed by atoms with van der Waals surface area (Å²) in [5, 5.41) is 15.2. The van der Waals surface area contributed by atoms with Gasteiger partial charge in [-0.25, -0.2) is 0 Å². The van der Waals surface area contributed by atoms with Crippen LogP contribution in [0.3, 0.4) is 0 Å². The fourth-order valence-corrected chi connectivity index (χ4v) is 2.25. The fourth-order valence-electron chi connectivity index (χ4n) is 0.750. The molecule has 12 heavy (non-hydrogen) atoms. The third-order valence-corrected chi connectivity index (χ3v) is 4.50. The van der Waals surface area contributed by atoms with Gasteiger partial charge in [-0.2, -0.15) is 0 Å². The summed E-state index contributed by atoms with van der Waals surface area (Å²) in [4.78, 5) is 0. The molecule has 0 fully saturated rings. The van der Waals surface area contributed by atoms with Crippen molar-refractivity contribution in [2.45, 2.75) is 20.8 Å². The van der Waals surface area contributed by atoms with Gasteiger partial charge in [0.25, 0.3) is 0 Å². The minimum Gasteiger partial charge on any atom is -0.870 e. The van der Waals surface area contributed by atoms with Crippen LogP contribution in [0.25, 0.3) is 0 Å². The zero-order chi connectivity index (χ0) is 8.41. The van der Waals surface area contributed by atoms with Gasteiger partial charge in [-0.05, 0) is 28.7 Å². The van der Waals surface area contributed by atoms with Gasteiger partial charge in [0.1, 0.15) is 0 Å². The van der Waals surface area contributed by atoms with Crippen molar-refractivity contribution in [2.24, 2.45) is 0 Å². The van der Waals surface area contributed by atoms with E-state index in [1.807, 2.05) is 0 Å². The van der Waals surface area contributed by atoms with Crippen LogP contribution in [-0.4, -0.2) is 36.7 Å². The maximum absolute atomic E-state index is 8.36. The Balaban J connectivity index is -0.0000000569. The molecule has 0 aromatic rings. The van der Waals surface area contributed by atoms with E-state index in [0.717, 1.165) is 0 Å². The molecular formula is C6H18BNaO3P. The minimum absolute atomic E-state index is 0. The molecule has 69 valence electrons. The Kier molecular flexibility index (Phi) is 44.3. The van der Waals surface area contributed by atoms with Gasteiger partial charge in [-0.3, -0.25) is 0 Å². The fraction of sp³-hybridized carbons (Fsp3) is 1.00. The average molecular weight is 203 g/mol. The third-order valence-electron chi connectivity index (χ3n) is 1.50. The maximum Gasteiger partial charge on any atom is 1.00 e. The molecular weight excluding hydrogens is 185 g/mol. The van der Waals surface area contributed by atoms with E-state index in [4.69, 9.17) is 10.0 Å². The molecule has 0 heterocycles. The van der Waals surface area contributed by atoms with Gasteiger partial charge in [0.2, 0.25) is 0 Å². The summed E-state index contributed by atoms with van der Waals surface area (Å²) in [6.45, 7) is 6.92. The van der Waals surface area contributed by atoms with Gasteiger partial charge in [-0.15, -0.1) is 0 Å². The summed E-state index contributed by atoms with van der Waals surface area (Å²) in [5.74, 6) is 0. The van der Waals surface area contributed by atoms with Crippen LogP contribution in [0.5, 0.6) is 0 Å². The van der Waals surface area contributed by atoms with Gasteiger partial charge in [0.15, 0.2) is 7.69 Å². The van der Waals surface area contributed by atoms with Crippen LogP contribution >= 0.6 is 7.92 Å². The first-order valence-electron chi connectivity index (χ1n) is 3.68. The van der Waals surface area contributed by atoms with Crippen LogP contribution < -0.4 is 34.6 Å². The van der Waals surface area contributed by atoms with E-state index < -0.39 is 0 Å². The van der Waals surface area contributed by atoms with Crippen molar-refractivity contribution in [3.05, 3.63) is 0 Å². The summed E-state index contributed by atoms with van der Waals surface area (Å²) in [6, 6.07) is 0. The smallest absolute Gasteiger partial charge is 0.870 e. The topological polar surface area (TPSA) is 73.3 Å². The van der Waals surface area contributed by atoms with E-state index in [1.54, 1.807) is 0 Å². The van der Waals surface area contributed by atoms with Crippen molar-refractivity contribution in [1.29, 1.82) is 0 Å². The predicted molar refractivity (Wildman–Crippen MR) is 49.8 cm³/mol. The molecule has 0 rings (SSSR count). The second kappa shape index (κ2) is 22.8. The molecule has 0 aliphatic carbocycles. The van der Waals surface area contributed by atoms with E-state index in [1.165, 1.54) is 18.5 Å². The van der Waals surface area contributed by atoms with Crippen LogP contribution in [0.15, 0.2) is 0 Å². The Hall–Kier alpha value is 1.37. The summed E-state index contributed by atoms with van der Waals surface area (Å²) in [5.41, 5.74) is 0. The van der Waals surface area contributed by atoms with E-state index in [0.29, 0.717) is 0 Å². The van der Waals surface area contributed by atoms with E-state index in [2.05, 4.69) is 20.8 Å². The SMILES string of the molecule is CC[PH+](CC)CC.[Na+].[O-][B]O.[OH-]. The monoisotopic (exact) mass is 203 g/mol. The number of hydrogen-bond donors (Lipinski definition) is 1. The second-order valence-corrected chi connectivity index (χ2v) is 5.54. The van der Waals surface area contributed by atoms with Gasteiger partial charge >= 0.3 is 29.6 Å². The molecule has 6 heteroatoms. The Bertz CT molecular complexity index is 52.5. The molecule has 0 spiro atoms. The zero-order valence-corrected chi connectivity index (χ0v) is 11.5. The average Bonchev–Trinajstić information content (AvgIpc) is 1.93. The van der Waals surface area contributed by atoms with Gasteiger partial charge in [0.05, 0.1) is 18.5 Å². The van der Waals surface area contributed by atoms with Crippen LogP contribution in [-0.2, 0) is 0 Å². The van der Waals surface area contributed by atoms with Crippen molar-refractivity contribution in [3.8, 4) is 0 Å². The molecule has 0 aliphatic heterocycles. The van der Waals surface area contributed by atoms with Crippen molar-refractivity contribution in [3.63, 3.8) is 0 Å². The maximum atomic E-state index is 8.36. The predicted octanol–water partition coefficient (Wildman–Crippen LogP) is -3.04. The first-order valence-corrected chi connectivity index (χ1v) is 5.80. The van der Waals surface area contributed by atoms with Gasteiger partial charge < -0.3 is 15.5 Å². The number of rotatable bonds is 3. The van der Waals surface area contributed by atoms with Gasteiger partial charge in [-0.1, -0.05) is 0 Å². The van der Waals surface area contributed by atoms with Crippen molar-refractivity contribution in [1.82, 2.24) is 0 Å². The Labute approximate surface area is 99.6 Å². The Morgan fingerprint density at radius 1 is 1.17 bits per heavy atom. The van der Waals surface area contributed by atoms with Crippen LogP contribution in [0, 0.1) is 0 Å². The molecule has 0 atom stereocenters. The molecule has 0 aliphatic rings. The zero-order valence-electron chi connectivity index (χ0n) is 8.50. The molecule has 0 aromatic heterocycles. The minimum atomic E-state index is -0.250. The molecule has 0 amide bonds. The third kappa shape index (κ3) is 22.5. The van der Waals surface area contributed by atoms with Crippen molar-refractivity contribution in [2.75, 3.05) is 18.5 Å². The molecule has 3 nitrogen and oxygen atoms in total. The molecule has 2 N–H and O–H groups in total. The molecule has 0 unspecified atom stereocenters. The first kappa shape index (κ1) is 23.3. The summed E-state index contributed by atoms with van der Waals surface area (Å²) in [7, 11) is -0.113. The van der Waals surface area contributed by atoms with Crippen LogP contribution in [0.4, 0.5) is 0 Å². The van der Waals surface area contributed by atoms with E-state index >= 15 is 0 Å². The molecule has 0 saturated heterocycles. The van der Waals surface area contributed by atoms with Crippen molar-refractivity contribution < 1.29 is 45.1 Å². The Morgan fingerprint density at radius 2 is 1.33 bits per heavy atom.